The van der Waals surface area contributed by atoms with E-state index in [1.807, 2.05) is 6.92 Å². The zero-order valence-electron chi connectivity index (χ0n) is 10.8. The van der Waals surface area contributed by atoms with E-state index in [0.717, 1.165) is 23.7 Å². The lowest BCUT2D eigenvalue weighted by molar-refractivity contribution is 0.0948. The van der Waals surface area contributed by atoms with Crippen LogP contribution in [0.25, 0.3) is 0 Å². The molecule has 0 radical (unpaired) electrons. The van der Waals surface area contributed by atoms with Crippen molar-refractivity contribution in [2.24, 2.45) is 5.92 Å². The molecule has 100 valence electrons. The van der Waals surface area contributed by atoms with Gasteiger partial charge in [-0.25, -0.2) is 4.39 Å². The fraction of sp³-hybridized carbons (Fsp3) is 0.500. The SMILES string of the molecule is Cc1ccc(F)c(C(=O)NCCCC(C)CBr)c1. The number of carbonyl (C=O) groups excluding carboxylic acids is 1. The summed E-state index contributed by atoms with van der Waals surface area (Å²) in [4.78, 5) is 11.8. The van der Waals surface area contributed by atoms with Crippen LogP contribution in [0.3, 0.4) is 0 Å². The first-order valence-corrected chi connectivity index (χ1v) is 7.27. The summed E-state index contributed by atoms with van der Waals surface area (Å²) in [6.07, 6.45) is 1.95. The molecule has 2 nitrogen and oxygen atoms in total. The Morgan fingerprint density at radius 1 is 1.50 bits per heavy atom. The maximum absolute atomic E-state index is 13.4. The number of alkyl halides is 1. The second-order valence-corrected chi connectivity index (χ2v) is 5.29. The van der Waals surface area contributed by atoms with Crippen molar-refractivity contribution in [1.29, 1.82) is 0 Å². The third kappa shape index (κ3) is 4.77. The summed E-state index contributed by atoms with van der Waals surface area (Å²) in [5.41, 5.74) is 1.01. The zero-order chi connectivity index (χ0) is 13.5. The minimum Gasteiger partial charge on any atom is -0.352 e. The molecule has 1 atom stereocenters. The summed E-state index contributed by atoms with van der Waals surface area (Å²) in [7, 11) is 0. The van der Waals surface area contributed by atoms with Gasteiger partial charge in [0, 0.05) is 11.9 Å². The van der Waals surface area contributed by atoms with Gasteiger partial charge in [-0.05, 0) is 37.8 Å². The molecule has 1 aromatic rings. The van der Waals surface area contributed by atoms with Crippen LogP contribution in [0.1, 0.15) is 35.7 Å². The Morgan fingerprint density at radius 3 is 2.89 bits per heavy atom. The lowest BCUT2D eigenvalue weighted by atomic mass is 10.1. The second-order valence-electron chi connectivity index (χ2n) is 4.64. The molecule has 0 spiro atoms. The molecule has 0 aliphatic carbocycles. The average molecular weight is 316 g/mol. The summed E-state index contributed by atoms with van der Waals surface area (Å²) >= 11 is 3.41. The highest BCUT2D eigenvalue weighted by molar-refractivity contribution is 9.09. The number of nitrogens with one attached hydrogen (secondary N) is 1. The lowest BCUT2D eigenvalue weighted by Crippen LogP contribution is -2.25. The van der Waals surface area contributed by atoms with Crippen LogP contribution < -0.4 is 5.32 Å². The Balaban J connectivity index is 2.43. The smallest absolute Gasteiger partial charge is 0.254 e. The molecule has 0 aliphatic rings. The molecule has 0 saturated heterocycles. The summed E-state index contributed by atoms with van der Waals surface area (Å²) in [6, 6.07) is 4.56. The predicted molar refractivity (Wildman–Crippen MR) is 75.7 cm³/mol. The van der Waals surface area contributed by atoms with E-state index in [4.69, 9.17) is 0 Å². The molecule has 1 unspecified atom stereocenters. The van der Waals surface area contributed by atoms with E-state index in [1.54, 1.807) is 12.1 Å². The summed E-state index contributed by atoms with van der Waals surface area (Å²) in [6.45, 7) is 4.58. The maximum atomic E-state index is 13.4. The standard InChI is InChI=1S/C14H19BrFNO/c1-10-5-6-13(16)12(8-10)14(18)17-7-3-4-11(2)9-15/h5-6,8,11H,3-4,7,9H2,1-2H3,(H,17,18). The molecule has 1 N–H and O–H groups in total. The van der Waals surface area contributed by atoms with Crippen molar-refractivity contribution in [3.8, 4) is 0 Å². The first-order chi connectivity index (χ1) is 8.54. The number of hydrogen-bond acceptors (Lipinski definition) is 1. The first kappa shape index (κ1) is 15.2. The van der Waals surface area contributed by atoms with Crippen molar-refractivity contribution in [3.05, 3.63) is 35.1 Å². The van der Waals surface area contributed by atoms with Gasteiger partial charge >= 0.3 is 0 Å². The molecule has 1 rings (SSSR count). The molecule has 0 heterocycles. The molecular weight excluding hydrogens is 297 g/mol. The van der Waals surface area contributed by atoms with E-state index in [-0.39, 0.29) is 11.5 Å². The van der Waals surface area contributed by atoms with Crippen molar-refractivity contribution >= 4 is 21.8 Å². The van der Waals surface area contributed by atoms with Gasteiger partial charge in [-0.2, -0.15) is 0 Å². The number of rotatable bonds is 6. The second kappa shape index (κ2) is 7.52. The number of amides is 1. The molecule has 0 saturated carbocycles. The number of benzene rings is 1. The quantitative estimate of drug-likeness (QED) is 0.629. The lowest BCUT2D eigenvalue weighted by Gasteiger charge is -2.09. The molecule has 0 bridgehead atoms. The van der Waals surface area contributed by atoms with E-state index in [1.165, 1.54) is 6.07 Å². The zero-order valence-corrected chi connectivity index (χ0v) is 12.4. The van der Waals surface area contributed by atoms with E-state index in [9.17, 15) is 9.18 Å². The van der Waals surface area contributed by atoms with Gasteiger partial charge in [0.1, 0.15) is 5.82 Å². The summed E-state index contributed by atoms with van der Waals surface area (Å²) in [5, 5.41) is 3.72. The number of hydrogen-bond donors (Lipinski definition) is 1. The van der Waals surface area contributed by atoms with Crippen LogP contribution in [-0.4, -0.2) is 17.8 Å². The topological polar surface area (TPSA) is 29.1 Å². The van der Waals surface area contributed by atoms with Gasteiger partial charge < -0.3 is 5.32 Å². The Bertz CT molecular complexity index is 409. The van der Waals surface area contributed by atoms with Crippen LogP contribution in [0.5, 0.6) is 0 Å². The van der Waals surface area contributed by atoms with E-state index < -0.39 is 5.82 Å². The maximum Gasteiger partial charge on any atom is 0.254 e. The van der Waals surface area contributed by atoms with Crippen LogP contribution in [-0.2, 0) is 0 Å². The Kier molecular flexibility index (Phi) is 6.33. The number of halogens is 2. The van der Waals surface area contributed by atoms with E-state index in [2.05, 4.69) is 28.2 Å². The van der Waals surface area contributed by atoms with Gasteiger partial charge in [0.2, 0.25) is 0 Å². The molecule has 1 amide bonds. The minimum absolute atomic E-state index is 0.128. The van der Waals surface area contributed by atoms with Gasteiger partial charge in [0.15, 0.2) is 0 Å². The Hall–Kier alpha value is -0.900. The molecule has 1 aromatic carbocycles. The molecule has 0 fully saturated rings. The van der Waals surface area contributed by atoms with Crippen LogP contribution in [0.15, 0.2) is 18.2 Å². The largest absolute Gasteiger partial charge is 0.352 e. The Labute approximate surface area is 116 Å². The summed E-state index contributed by atoms with van der Waals surface area (Å²) < 4.78 is 13.4. The van der Waals surface area contributed by atoms with Gasteiger partial charge in [-0.15, -0.1) is 0 Å². The van der Waals surface area contributed by atoms with Crippen molar-refractivity contribution in [2.45, 2.75) is 26.7 Å². The highest BCUT2D eigenvalue weighted by atomic mass is 79.9. The van der Waals surface area contributed by atoms with Crippen molar-refractivity contribution in [1.82, 2.24) is 5.32 Å². The highest BCUT2D eigenvalue weighted by Gasteiger charge is 2.11. The van der Waals surface area contributed by atoms with E-state index >= 15 is 0 Å². The molecule has 4 heteroatoms. The molecule has 0 aromatic heterocycles. The highest BCUT2D eigenvalue weighted by Crippen LogP contribution is 2.10. The third-order valence-electron chi connectivity index (χ3n) is 2.79. The van der Waals surface area contributed by atoms with Crippen molar-refractivity contribution in [3.63, 3.8) is 0 Å². The number of aryl methyl sites for hydroxylation is 1. The molecular formula is C14H19BrFNO. The fourth-order valence-corrected chi connectivity index (χ4v) is 1.96. The van der Waals surface area contributed by atoms with Gasteiger partial charge in [-0.1, -0.05) is 34.5 Å². The van der Waals surface area contributed by atoms with Crippen LogP contribution in [0.2, 0.25) is 0 Å². The molecule has 0 aliphatic heterocycles. The minimum atomic E-state index is -0.466. The molecule has 18 heavy (non-hydrogen) atoms. The van der Waals surface area contributed by atoms with Crippen LogP contribution in [0, 0.1) is 18.7 Å². The fourth-order valence-electron chi connectivity index (χ4n) is 1.64. The first-order valence-electron chi connectivity index (χ1n) is 6.15. The predicted octanol–water partition coefficient (Wildman–Crippen LogP) is 3.68. The number of carbonyl (C=O) groups is 1. The van der Waals surface area contributed by atoms with Gasteiger partial charge in [0.25, 0.3) is 5.91 Å². The van der Waals surface area contributed by atoms with Crippen LogP contribution in [0.4, 0.5) is 4.39 Å². The van der Waals surface area contributed by atoms with Crippen molar-refractivity contribution < 1.29 is 9.18 Å². The average Bonchev–Trinajstić information content (AvgIpc) is 2.36. The third-order valence-corrected chi connectivity index (χ3v) is 3.89. The Morgan fingerprint density at radius 2 is 2.22 bits per heavy atom. The van der Waals surface area contributed by atoms with Gasteiger partial charge in [-0.3, -0.25) is 4.79 Å². The van der Waals surface area contributed by atoms with Gasteiger partial charge in [0.05, 0.1) is 5.56 Å². The van der Waals surface area contributed by atoms with Crippen molar-refractivity contribution in [2.75, 3.05) is 11.9 Å². The summed E-state index contributed by atoms with van der Waals surface area (Å²) in [5.74, 6) is -0.202. The monoisotopic (exact) mass is 315 g/mol. The van der Waals surface area contributed by atoms with E-state index in [0.29, 0.717) is 12.5 Å². The van der Waals surface area contributed by atoms with Crippen LogP contribution >= 0.6 is 15.9 Å². The normalized spacial score (nSPS) is 12.2.